The van der Waals surface area contributed by atoms with E-state index in [1.54, 1.807) is 12.1 Å². The standard InChI is InChI=1S/C23H26N2O4/c1-13-9-14(2)11-16(10-13)21(26)24(23(4,5)6)25-22(27)17-7-8-19-18(15(17)3)12-20(28-19)29-25/h7-11,20H,12H2,1-6H3. The van der Waals surface area contributed by atoms with Crippen molar-refractivity contribution in [3.8, 4) is 5.75 Å². The molecule has 2 amide bonds. The van der Waals surface area contributed by atoms with Crippen molar-refractivity contribution in [1.29, 1.82) is 0 Å². The van der Waals surface area contributed by atoms with Crippen LogP contribution in [0, 0.1) is 20.8 Å². The first-order chi connectivity index (χ1) is 13.6. The molecule has 1 atom stereocenters. The minimum absolute atomic E-state index is 0.301. The van der Waals surface area contributed by atoms with E-state index in [2.05, 4.69) is 0 Å². The third-order valence-corrected chi connectivity index (χ3v) is 5.28. The fourth-order valence-electron chi connectivity index (χ4n) is 4.02. The van der Waals surface area contributed by atoms with Crippen LogP contribution in [0.2, 0.25) is 0 Å². The Kier molecular flexibility index (Phi) is 4.42. The first-order valence-electron chi connectivity index (χ1n) is 9.79. The predicted octanol–water partition coefficient (Wildman–Crippen LogP) is 4.12. The Morgan fingerprint density at radius 1 is 1.10 bits per heavy atom. The molecule has 4 rings (SSSR count). The first-order valence-corrected chi connectivity index (χ1v) is 9.79. The third-order valence-electron chi connectivity index (χ3n) is 5.28. The highest BCUT2D eigenvalue weighted by molar-refractivity contribution is 6.00. The zero-order valence-corrected chi connectivity index (χ0v) is 17.7. The van der Waals surface area contributed by atoms with Crippen molar-refractivity contribution >= 4 is 11.8 Å². The summed E-state index contributed by atoms with van der Waals surface area (Å²) in [6.07, 6.45) is -0.116. The molecule has 0 aliphatic carbocycles. The average molecular weight is 394 g/mol. The summed E-state index contributed by atoms with van der Waals surface area (Å²) < 4.78 is 5.87. The van der Waals surface area contributed by atoms with Gasteiger partial charge in [0.25, 0.3) is 11.8 Å². The Bertz CT molecular complexity index is 1000. The van der Waals surface area contributed by atoms with E-state index in [4.69, 9.17) is 9.57 Å². The highest BCUT2D eigenvalue weighted by Crippen LogP contribution is 2.37. The fourth-order valence-corrected chi connectivity index (χ4v) is 4.02. The molecule has 1 unspecified atom stereocenters. The molecule has 0 spiro atoms. The van der Waals surface area contributed by atoms with Crippen LogP contribution in [-0.4, -0.2) is 33.8 Å². The number of nitrogens with zero attached hydrogens (tertiary/aromatic N) is 2. The highest BCUT2D eigenvalue weighted by atomic mass is 16.8. The van der Waals surface area contributed by atoms with Gasteiger partial charge < -0.3 is 4.74 Å². The van der Waals surface area contributed by atoms with E-state index < -0.39 is 11.8 Å². The topological polar surface area (TPSA) is 59.1 Å². The summed E-state index contributed by atoms with van der Waals surface area (Å²) in [7, 11) is 0. The number of carbonyl (C=O) groups is 2. The Morgan fingerprint density at radius 3 is 2.38 bits per heavy atom. The SMILES string of the molecule is Cc1cc(C)cc(C(=O)N(N2OC3Cc4c(ccc(c4C)C2=O)O3)C(C)(C)C)c1. The number of hydrogen-bond acceptors (Lipinski definition) is 4. The predicted molar refractivity (Wildman–Crippen MR) is 108 cm³/mol. The van der Waals surface area contributed by atoms with E-state index in [9.17, 15) is 9.59 Å². The maximum absolute atomic E-state index is 13.6. The second-order valence-electron chi connectivity index (χ2n) is 8.81. The van der Waals surface area contributed by atoms with Crippen LogP contribution in [0.4, 0.5) is 0 Å². The Labute approximate surface area is 170 Å². The summed E-state index contributed by atoms with van der Waals surface area (Å²) in [5.41, 5.74) is 4.14. The van der Waals surface area contributed by atoms with Crippen molar-refractivity contribution in [3.05, 3.63) is 63.7 Å². The molecule has 152 valence electrons. The molecular formula is C23H26N2O4. The highest BCUT2D eigenvalue weighted by Gasteiger charge is 2.43. The van der Waals surface area contributed by atoms with Gasteiger partial charge in [-0.05, 0) is 71.4 Å². The van der Waals surface area contributed by atoms with Crippen LogP contribution in [-0.2, 0) is 11.3 Å². The minimum atomic E-state index is -0.710. The number of rotatable bonds is 2. The second-order valence-corrected chi connectivity index (χ2v) is 8.81. The molecule has 0 radical (unpaired) electrons. The van der Waals surface area contributed by atoms with E-state index >= 15 is 0 Å². The van der Waals surface area contributed by atoms with Gasteiger partial charge in [0, 0.05) is 23.1 Å². The molecule has 2 aromatic carbocycles. The van der Waals surface area contributed by atoms with Crippen LogP contribution in [0.1, 0.15) is 63.7 Å². The largest absolute Gasteiger partial charge is 0.462 e. The molecule has 2 aliphatic heterocycles. The summed E-state index contributed by atoms with van der Waals surface area (Å²) >= 11 is 0. The van der Waals surface area contributed by atoms with Crippen LogP contribution in [0.15, 0.2) is 30.3 Å². The maximum Gasteiger partial charge on any atom is 0.298 e. The number of amides is 2. The monoisotopic (exact) mass is 394 g/mol. The van der Waals surface area contributed by atoms with Gasteiger partial charge in [-0.25, -0.2) is 9.85 Å². The zero-order valence-electron chi connectivity index (χ0n) is 17.7. The van der Waals surface area contributed by atoms with Gasteiger partial charge in [-0.3, -0.25) is 9.59 Å². The summed E-state index contributed by atoms with van der Waals surface area (Å²) in [4.78, 5) is 33.0. The van der Waals surface area contributed by atoms with Crippen LogP contribution in [0.5, 0.6) is 5.75 Å². The second kappa shape index (κ2) is 6.59. The zero-order chi connectivity index (χ0) is 21.1. The molecule has 0 fully saturated rings. The molecule has 2 aromatic rings. The van der Waals surface area contributed by atoms with Crippen molar-refractivity contribution in [3.63, 3.8) is 0 Å². The Morgan fingerprint density at radius 2 is 1.76 bits per heavy atom. The number of ether oxygens (including phenoxy) is 1. The number of benzene rings is 2. The normalized spacial score (nSPS) is 17.8. The average Bonchev–Trinajstić information content (AvgIpc) is 3.04. The van der Waals surface area contributed by atoms with E-state index in [-0.39, 0.29) is 11.8 Å². The number of aryl methyl sites for hydroxylation is 2. The van der Waals surface area contributed by atoms with Gasteiger partial charge in [-0.15, -0.1) is 5.17 Å². The first kappa shape index (κ1) is 19.5. The fraction of sp³-hybridized carbons (Fsp3) is 0.391. The number of fused-ring (bicyclic) bond motifs is 2. The summed E-state index contributed by atoms with van der Waals surface area (Å²) in [6, 6.07) is 9.20. The quantitative estimate of drug-likeness (QED) is 0.769. The lowest BCUT2D eigenvalue weighted by atomic mass is 9.99. The van der Waals surface area contributed by atoms with Gasteiger partial charge in [0.1, 0.15) is 5.75 Å². The smallest absolute Gasteiger partial charge is 0.298 e. The van der Waals surface area contributed by atoms with Crippen LogP contribution in [0.3, 0.4) is 0 Å². The third kappa shape index (κ3) is 3.27. The molecule has 29 heavy (non-hydrogen) atoms. The lowest BCUT2D eigenvalue weighted by Crippen LogP contribution is -2.59. The van der Waals surface area contributed by atoms with E-state index in [1.807, 2.05) is 59.7 Å². The van der Waals surface area contributed by atoms with Gasteiger partial charge >= 0.3 is 0 Å². The molecule has 0 saturated carbocycles. The number of hydroxylamine groups is 1. The lowest BCUT2D eigenvalue weighted by Gasteiger charge is -2.42. The molecular weight excluding hydrogens is 368 g/mol. The molecule has 2 heterocycles. The lowest BCUT2D eigenvalue weighted by molar-refractivity contribution is -0.303. The maximum atomic E-state index is 13.6. The number of carbonyl (C=O) groups excluding carboxylic acids is 2. The molecule has 3 bridgehead atoms. The molecule has 0 saturated heterocycles. The molecule has 0 aromatic heterocycles. The number of hydrogen-bond donors (Lipinski definition) is 0. The Balaban J connectivity index is 1.81. The number of hydrazine groups is 1. The summed E-state index contributed by atoms with van der Waals surface area (Å²) in [5, 5.41) is 2.49. The van der Waals surface area contributed by atoms with Crippen LogP contribution in [0.25, 0.3) is 0 Å². The molecule has 0 N–H and O–H groups in total. The van der Waals surface area contributed by atoms with Crippen molar-refractivity contribution in [2.75, 3.05) is 0 Å². The van der Waals surface area contributed by atoms with Gasteiger partial charge in [0.15, 0.2) is 0 Å². The van der Waals surface area contributed by atoms with E-state index in [0.29, 0.717) is 17.5 Å². The van der Waals surface area contributed by atoms with Gasteiger partial charge in [-0.2, -0.15) is 0 Å². The minimum Gasteiger partial charge on any atom is -0.462 e. The van der Waals surface area contributed by atoms with E-state index in [1.165, 1.54) is 5.01 Å². The van der Waals surface area contributed by atoms with Crippen molar-refractivity contribution in [1.82, 2.24) is 10.2 Å². The van der Waals surface area contributed by atoms with Gasteiger partial charge in [0.2, 0.25) is 6.29 Å². The van der Waals surface area contributed by atoms with Crippen LogP contribution < -0.4 is 4.74 Å². The van der Waals surface area contributed by atoms with E-state index in [0.717, 1.165) is 33.2 Å². The molecule has 6 heteroatoms. The van der Waals surface area contributed by atoms with Gasteiger partial charge in [0.05, 0.1) is 5.54 Å². The summed E-state index contributed by atoms with van der Waals surface area (Å²) in [6.45, 7) is 11.4. The van der Waals surface area contributed by atoms with Crippen molar-refractivity contribution < 1.29 is 19.2 Å². The summed E-state index contributed by atoms with van der Waals surface area (Å²) in [5.74, 6) is 0.0526. The van der Waals surface area contributed by atoms with Crippen molar-refractivity contribution in [2.45, 2.75) is 59.8 Å². The van der Waals surface area contributed by atoms with Gasteiger partial charge in [-0.1, -0.05) is 17.2 Å². The van der Waals surface area contributed by atoms with Crippen LogP contribution >= 0.6 is 0 Å². The molecule has 2 aliphatic rings. The molecule has 6 nitrogen and oxygen atoms in total. The van der Waals surface area contributed by atoms with Crippen molar-refractivity contribution in [2.24, 2.45) is 0 Å². The Hall–Kier alpha value is -2.86.